The lowest BCUT2D eigenvalue weighted by atomic mass is 10.5. The first-order valence-corrected chi connectivity index (χ1v) is 4.10. The van der Waals surface area contributed by atoms with E-state index in [0.29, 0.717) is 5.95 Å². The van der Waals surface area contributed by atoms with E-state index < -0.39 is 0 Å². The second kappa shape index (κ2) is 2.88. The molecule has 1 aromatic rings. The van der Waals surface area contributed by atoms with Gasteiger partial charge in [-0.05, 0) is 19.2 Å². The fourth-order valence-electron chi connectivity index (χ4n) is 0.666. The molecule has 0 spiro atoms. The van der Waals surface area contributed by atoms with Gasteiger partial charge in [0.1, 0.15) is 5.03 Å². The minimum absolute atomic E-state index is 0.351. The summed E-state index contributed by atoms with van der Waals surface area (Å²) < 4.78 is 0. The molecular weight excluding hydrogens is 146 g/mol. The number of nitrogens with zero attached hydrogens (tertiary/aromatic N) is 2. The first kappa shape index (κ1) is 7.34. The minimum atomic E-state index is 0.351. The molecule has 0 amide bonds. The molecule has 1 aromatic heterocycles. The lowest BCUT2D eigenvalue weighted by Gasteiger charge is -1.97. The molecule has 0 unspecified atom stereocenters. The van der Waals surface area contributed by atoms with Crippen molar-refractivity contribution in [1.82, 2.24) is 9.97 Å². The van der Waals surface area contributed by atoms with Crippen LogP contribution in [0.1, 0.15) is 5.69 Å². The van der Waals surface area contributed by atoms with Crippen LogP contribution in [-0.2, 0) is 0 Å². The molecule has 0 aliphatic carbocycles. The number of anilines is 1. The van der Waals surface area contributed by atoms with E-state index in [0.717, 1.165) is 10.7 Å². The quantitative estimate of drug-likeness (QED) is 0.487. The maximum absolute atomic E-state index is 5.40. The summed E-state index contributed by atoms with van der Waals surface area (Å²) in [7, 11) is 0. The van der Waals surface area contributed by atoms with Gasteiger partial charge in [0, 0.05) is 5.69 Å². The van der Waals surface area contributed by atoms with Gasteiger partial charge in [-0.2, -0.15) is 0 Å². The molecule has 0 atom stereocenters. The Kier molecular flexibility index (Phi) is 2.11. The minimum Gasteiger partial charge on any atom is -0.368 e. The standard InChI is InChI=1S/C6H9N3S/c1-4-3-5(10-2)9-6(7)8-4/h3H,1-2H3,(H2,7,8,9). The topological polar surface area (TPSA) is 51.8 Å². The summed E-state index contributed by atoms with van der Waals surface area (Å²) in [5.74, 6) is 0.351. The highest BCUT2D eigenvalue weighted by Gasteiger charge is 1.95. The van der Waals surface area contributed by atoms with Crippen LogP contribution in [0.5, 0.6) is 0 Å². The zero-order chi connectivity index (χ0) is 7.56. The van der Waals surface area contributed by atoms with E-state index in [1.807, 2.05) is 19.2 Å². The van der Waals surface area contributed by atoms with Gasteiger partial charge in [-0.1, -0.05) is 0 Å². The van der Waals surface area contributed by atoms with Crippen molar-refractivity contribution in [2.24, 2.45) is 0 Å². The van der Waals surface area contributed by atoms with Crippen LogP contribution in [0.4, 0.5) is 5.95 Å². The molecule has 0 aliphatic rings. The number of hydrogen-bond acceptors (Lipinski definition) is 4. The molecule has 4 heteroatoms. The largest absolute Gasteiger partial charge is 0.368 e. The number of hydrogen-bond donors (Lipinski definition) is 1. The Balaban J connectivity index is 3.06. The van der Waals surface area contributed by atoms with E-state index in [1.54, 1.807) is 11.8 Å². The first-order chi connectivity index (χ1) is 4.72. The third kappa shape index (κ3) is 1.60. The number of aryl methyl sites for hydroxylation is 1. The van der Waals surface area contributed by atoms with Crippen LogP contribution < -0.4 is 5.73 Å². The van der Waals surface area contributed by atoms with Gasteiger partial charge in [0.25, 0.3) is 0 Å². The Hall–Kier alpha value is -0.770. The molecule has 10 heavy (non-hydrogen) atoms. The zero-order valence-electron chi connectivity index (χ0n) is 5.96. The van der Waals surface area contributed by atoms with Gasteiger partial charge in [0.15, 0.2) is 0 Å². The van der Waals surface area contributed by atoms with Crippen molar-refractivity contribution >= 4 is 17.7 Å². The molecule has 2 N–H and O–H groups in total. The summed E-state index contributed by atoms with van der Waals surface area (Å²) in [5.41, 5.74) is 6.31. The molecular formula is C6H9N3S. The van der Waals surface area contributed by atoms with Gasteiger partial charge in [-0.25, -0.2) is 9.97 Å². The van der Waals surface area contributed by atoms with E-state index in [4.69, 9.17) is 5.73 Å². The van der Waals surface area contributed by atoms with E-state index in [1.165, 1.54) is 0 Å². The van der Waals surface area contributed by atoms with Crippen molar-refractivity contribution in [2.45, 2.75) is 11.9 Å². The lowest BCUT2D eigenvalue weighted by Crippen LogP contribution is -1.96. The average Bonchev–Trinajstić information content (AvgIpc) is 1.85. The summed E-state index contributed by atoms with van der Waals surface area (Å²) in [5, 5.41) is 0.921. The summed E-state index contributed by atoms with van der Waals surface area (Å²) in [6, 6.07) is 1.90. The van der Waals surface area contributed by atoms with E-state index >= 15 is 0 Å². The van der Waals surface area contributed by atoms with Crippen LogP contribution in [0.2, 0.25) is 0 Å². The maximum Gasteiger partial charge on any atom is 0.221 e. The SMILES string of the molecule is CSc1cc(C)nc(N)n1. The molecule has 0 fully saturated rings. The molecule has 0 aliphatic heterocycles. The van der Waals surface area contributed by atoms with Gasteiger partial charge < -0.3 is 5.73 Å². The second-order valence-electron chi connectivity index (χ2n) is 1.91. The second-order valence-corrected chi connectivity index (χ2v) is 2.74. The van der Waals surface area contributed by atoms with Gasteiger partial charge in [-0.3, -0.25) is 0 Å². The van der Waals surface area contributed by atoms with Crippen LogP contribution in [-0.4, -0.2) is 16.2 Å². The normalized spacial score (nSPS) is 9.80. The van der Waals surface area contributed by atoms with Crippen molar-refractivity contribution in [1.29, 1.82) is 0 Å². The molecule has 1 heterocycles. The Labute approximate surface area is 64.1 Å². The molecule has 0 aromatic carbocycles. The summed E-state index contributed by atoms with van der Waals surface area (Å²) in [6.45, 7) is 1.90. The van der Waals surface area contributed by atoms with Crippen molar-refractivity contribution in [3.8, 4) is 0 Å². The highest BCUT2D eigenvalue weighted by Crippen LogP contribution is 2.12. The molecule has 0 saturated heterocycles. The fourth-order valence-corrected chi connectivity index (χ4v) is 1.14. The molecule has 3 nitrogen and oxygen atoms in total. The molecule has 0 radical (unpaired) electrons. The van der Waals surface area contributed by atoms with Crippen LogP contribution in [0, 0.1) is 6.92 Å². The number of aromatic nitrogens is 2. The molecule has 1 rings (SSSR count). The van der Waals surface area contributed by atoms with Crippen LogP contribution in [0.15, 0.2) is 11.1 Å². The molecule has 54 valence electrons. The van der Waals surface area contributed by atoms with Crippen molar-refractivity contribution in [2.75, 3.05) is 12.0 Å². The predicted molar refractivity (Wildman–Crippen MR) is 43.0 cm³/mol. The first-order valence-electron chi connectivity index (χ1n) is 2.87. The fraction of sp³-hybridized carbons (Fsp3) is 0.333. The van der Waals surface area contributed by atoms with Crippen molar-refractivity contribution < 1.29 is 0 Å². The summed E-state index contributed by atoms with van der Waals surface area (Å²) >= 11 is 1.57. The smallest absolute Gasteiger partial charge is 0.221 e. The highest BCUT2D eigenvalue weighted by atomic mass is 32.2. The number of thioether (sulfide) groups is 1. The summed E-state index contributed by atoms with van der Waals surface area (Å²) in [6.07, 6.45) is 1.96. The number of rotatable bonds is 1. The Morgan fingerprint density at radius 1 is 1.50 bits per heavy atom. The highest BCUT2D eigenvalue weighted by molar-refractivity contribution is 7.98. The Morgan fingerprint density at radius 3 is 2.70 bits per heavy atom. The Morgan fingerprint density at radius 2 is 2.20 bits per heavy atom. The molecule has 0 bridgehead atoms. The van der Waals surface area contributed by atoms with Gasteiger partial charge >= 0.3 is 0 Å². The number of nitrogens with two attached hydrogens (primary N) is 1. The third-order valence-corrected chi connectivity index (χ3v) is 1.68. The zero-order valence-corrected chi connectivity index (χ0v) is 6.77. The third-order valence-electron chi connectivity index (χ3n) is 1.06. The van der Waals surface area contributed by atoms with Crippen LogP contribution in [0.25, 0.3) is 0 Å². The maximum atomic E-state index is 5.40. The number of nitrogen functional groups attached to an aromatic ring is 1. The van der Waals surface area contributed by atoms with Crippen LogP contribution >= 0.6 is 11.8 Å². The average molecular weight is 155 g/mol. The van der Waals surface area contributed by atoms with Crippen molar-refractivity contribution in [3.05, 3.63) is 11.8 Å². The van der Waals surface area contributed by atoms with Crippen LogP contribution in [0.3, 0.4) is 0 Å². The van der Waals surface area contributed by atoms with E-state index in [-0.39, 0.29) is 0 Å². The van der Waals surface area contributed by atoms with Gasteiger partial charge in [-0.15, -0.1) is 11.8 Å². The van der Waals surface area contributed by atoms with E-state index in [2.05, 4.69) is 9.97 Å². The predicted octanol–water partition coefficient (Wildman–Crippen LogP) is 1.09. The van der Waals surface area contributed by atoms with Gasteiger partial charge in [0.05, 0.1) is 0 Å². The monoisotopic (exact) mass is 155 g/mol. The Bertz CT molecular complexity index is 216. The van der Waals surface area contributed by atoms with Crippen molar-refractivity contribution in [3.63, 3.8) is 0 Å². The molecule has 0 saturated carbocycles. The summed E-state index contributed by atoms with van der Waals surface area (Å²) in [4.78, 5) is 7.92. The van der Waals surface area contributed by atoms with Gasteiger partial charge in [0.2, 0.25) is 5.95 Å². The van der Waals surface area contributed by atoms with E-state index in [9.17, 15) is 0 Å². The lowest BCUT2D eigenvalue weighted by molar-refractivity contribution is 1.03.